The molecule has 10 nitrogen and oxygen atoms in total. The summed E-state index contributed by atoms with van der Waals surface area (Å²) in [6, 6.07) is 16.1. The molecule has 0 spiro atoms. The standard InChI is InChI=1S/C30H33ClN6O4S/c1-20-18-37-28(32-29(20)35-15-13-23(19-35)41-22-8-4-3-5-9-22)17-26(33-37)27-10-6-7-14-36(27)30(38)24-16-21(31)11-12-25(24)34-42(2,39)40/h3-5,8-9,11-12,16-18,23,27,34H,6-7,10,13-15,19H2,1-2H3/t23?,27-/m0/s1. The molecule has 1 unspecified atom stereocenters. The third-order valence-corrected chi connectivity index (χ3v) is 8.55. The lowest BCUT2D eigenvalue weighted by atomic mass is 9.98. The van der Waals surface area contributed by atoms with Crippen molar-refractivity contribution >= 4 is 44.7 Å². The third kappa shape index (κ3) is 6.03. The number of likely N-dealkylation sites (tertiary alicyclic amines) is 1. The number of carbonyl (C=O) groups excluding carboxylic acids is 1. The Bertz CT molecular complexity index is 1730. The number of piperidine rings is 1. The number of ether oxygens (including phenoxy) is 1. The molecule has 1 amide bonds. The van der Waals surface area contributed by atoms with Crippen LogP contribution in [0.3, 0.4) is 0 Å². The molecule has 2 atom stereocenters. The average molecular weight is 609 g/mol. The average Bonchev–Trinajstić information content (AvgIpc) is 3.59. The highest BCUT2D eigenvalue weighted by Gasteiger charge is 2.33. The van der Waals surface area contributed by atoms with E-state index in [1.807, 2.05) is 49.5 Å². The summed E-state index contributed by atoms with van der Waals surface area (Å²) in [6.45, 7) is 4.14. The fourth-order valence-electron chi connectivity index (χ4n) is 5.83. The molecule has 2 aliphatic rings. The molecule has 0 saturated carbocycles. The fourth-order valence-corrected chi connectivity index (χ4v) is 6.58. The van der Waals surface area contributed by atoms with Gasteiger partial charge in [0.25, 0.3) is 5.91 Å². The molecule has 4 heterocycles. The van der Waals surface area contributed by atoms with Crippen LogP contribution in [0.2, 0.25) is 5.02 Å². The van der Waals surface area contributed by atoms with Gasteiger partial charge in [0.2, 0.25) is 10.0 Å². The second kappa shape index (κ2) is 11.4. The normalized spacial score (nSPS) is 19.3. The van der Waals surface area contributed by atoms with Gasteiger partial charge in [-0.25, -0.2) is 17.9 Å². The number of sulfonamides is 1. The Kier molecular flexibility index (Phi) is 7.71. The SMILES string of the molecule is Cc1cn2nc([C@@H]3CCCCN3C(=O)c3cc(Cl)ccc3NS(C)(=O)=O)cc2nc1N1CCC(Oc2ccccc2)C1. The van der Waals surface area contributed by atoms with Crippen molar-refractivity contribution in [2.24, 2.45) is 0 Å². The molecule has 0 aliphatic carbocycles. The van der Waals surface area contributed by atoms with Gasteiger partial charge in [0.15, 0.2) is 5.65 Å². The Balaban J connectivity index is 1.26. The monoisotopic (exact) mass is 608 g/mol. The summed E-state index contributed by atoms with van der Waals surface area (Å²) in [6.07, 6.45) is 6.55. The van der Waals surface area contributed by atoms with Gasteiger partial charge in [-0.2, -0.15) is 5.10 Å². The number of anilines is 2. The van der Waals surface area contributed by atoms with Crippen LogP contribution in [0.5, 0.6) is 5.75 Å². The summed E-state index contributed by atoms with van der Waals surface area (Å²) in [5.74, 6) is 1.48. The highest BCUT2D eigenvalue weighted by molar-refractivity contribution is 7.92. The first-order valence-electron chi connectivity index (χ1n) is 14.1. The van der Waals surface area contributed by atoms with E-state index in [2.05, 4.69) is 9.62 Å². The van der Waals surface area contributed by atoms with E-state index < -0.39 is 10.0 Å². The van der Waals surface area contributed by atoms with Gasteiger partial charge in [0.05, 0.1) is 35.8 Å². The molecule has 2 fully saturated rings. The van der Waals surface area contributed by atoms with Crippen molar-refractivity contribution in [1.82, 2.24) is 19.5 Å². The molecule has 12 heteroatoms. The van der Waals surface area contributed by atoms with Crippen LogP contribution < -0.4 is 14.4 Å². The topological polar surface area (TPSA) is 109 Å². The summed E-state index contributed by atoms with van der Waals surface area (Å²) < 4.78 is 34.4. The lowest BCUT2D eigenvalue weighted by Gasteiger charge is -2.35. The van der Waals surface area contributed by atoms with Gasteiger partial charge in [0.1, 0.15) is 17.7 Å². The van der Waals surface area contributed by atoms with E-state index in [9.17, 15) is 13.2 Å². The highest BCUT2D eigenvalue weighted by atomic mass is 35.5. The number of carbonyl (C=O) groups is 1. The summed E-state index contributed by atoms with van der Waals surface area (Å²) in [5.41, 5.74) is 2.87. The lowest BCUT2D eigenvalue weighted by Crippen LogP contribution is -2.39. The van der Waals surface area contributed by atoms with Crippen LogP contribution in [-0.2, 0) is 10.0 Å². The first kappa shape index (κ1) is 28.3. The second-order valence-electron chi connectivity index (χ2n) is 11.0. The summed E-state index contributed by atoms with van der Waals surface area (Å²) in [7, 11) is -3.59. The van der Waals surface area contributed by atoms with Crippen LogP contribution >= 0.6 is 11.6 Å². The number of benzene rings is 2. The van der Waals surface area contributed by atoms with Gasteiger partial charge in [-0.15, -0.1) is 0 Å². The number of aromatic nitrogens is 3. The van der Waals surface area contributed by atoms with Gasteiger partial charge in [-0.05, 0) is 56.5 Å². The second-order valence-corrected chi connectivity index (χ2v) is 13.2. The van der Waals surface area contributed by atoms with Crippen molar-refractivity contribution in [2.75, 3.05) is 35.5 Å². The molecule has 2 aromatic heterocycles. The van der Waals surface area contributed by atoms with Gasteiger partial charge < -0.3 is 14.5 Å². The minimum absolute atomic E-state index is 0.0840. The maximum atomic E-state index is 13.9. The number of halogens is 1. The van der Waals surface area contributed by atoms with Crippen LogP contribution in [0, 0.1) is 6.92 Å². The van der Waals surface area contributed by atoms with Gasteiger partial charge in [0, 0.05) is 42.4 Å². The van der Waals surface area contributed by atoms with E-state index in [1.54, 1.807) is 15.5 Å². The first-order valence-corrected chi connectivity index (χ1v) is 16.3. The van der Waals surface area contributed by atoms with E-state index >= 15 is 0 Å². The largest absolute Gasteiger partial charge is 0.489 e. The number of para-hydroxylation sites is 1. The van der Waals surface area contributed by atoms with E-state index in [-0.39, 0.29) is 29.3 Å². The molecule has 2 aliphatic heterocycles. The molecule has 42 heavy (non-hydrogen) atoms. The molecule has 6 rings (SSSR count). The number of amides is 1. The molecule has 2 saturated heterocycles. The zero-order valence-corrected chi connectivity index (χ0v) is 25.1. The van der Waals surface area contributed by atoms with Gasteiger partial charge in [-0.3, -0.25) is 9.52 Å². The zero-order chi connectivity index (χ0) is 29.4. The van der Waals surface area contributed by atoms with Crippen molar-refractivity contribution in [2.45, 2.75) is 44.8 Å². The van der Waals surface area contributed by atoms with E-state index in [0.717, 1.165) is 67.9 Å². The van der Waals surface area contributed by atoms with Crippen LogP contribution in [0.25, 0.3) is 5.65 Å². The molecular formula is C30H33ClN6O4S. The molecule has 4 aromatic rings. The Hall–Kier alpha value is -3.83. The number of nitrogens with zero attached hydrogens (tertiary/aromatic N) is 5. The quantitative estimate of drug-likeness (QED) is 0.311. The van der Waals surface area contributed by atoms with Crippen molar-refractivity contribution in [3.63, 3.8) is 0 Å². The van der Waals surface area contributed by atoms with Gasteiger partial charge >= 0.3 is 0 Å². The number of fused-ring (bicyclic) bond motifs is 1. The predicted molar refractivity (Wildman–Crippen MR) is 163 cm³/mol. The number of hydrogen-bond donors (Lipinski definition) is 1. The maximum absolute atomic E-state index is 13.9. The summed E-state index contributed by atoms with van der Waals surface area (Å²) in [4.78, 5) is 22.9. The molecule has 0 bridgehead atoms. The molecule has 1 N–H and O–H groups in total. The Morgan fingerprint density at radius 3 is 2.67 bits per heavy atom. The fraction of sp³-hybridized carbons (Fsp3) is 0.367. The molecular weight excluding hydrogens is 576 g/mol. The van der Waals surface area contributed by atoms with E-state index in [4.69, 9.17) is 26.4 Å². The van der Waals surface area contributed by atoms with Crippen LogP contribution in [0.1, 0.15) is 53.3 Å². The van der Waals surface area contributed by atoms with E-state index in [0.29, 0.717) is 17.2 Å². The maximum Gasteiger partial charge on any atom is 0.256 e. The molecule has 220 valence electrons. The lowest BCUT2D eigenvalue weighted by molar-refractivity contribution is 0.0607. The molecule has 2 aromatic carbocycles. The van der Waals surface area contributed by atoms with Crippen LogP contribution in [0.4, 0.5) is 11.5 Å². The van der Waals surface area contributed by atoms with Gasteiger partial charge in [-0.1, -0.05) is 29.8 Å². The van der Waals surface area contributed by atoms with Crippen LogP contribution in [0.15, 0.2) is 60.8 Å². The van der Waals surface area contributed by atoms with E-state index in [1.165, 1.54) is 12.1 Å². The third-order valence-electron chi connectivity index (χ3n) is 7.73. The van der Waals surface area contributed by atoms with Crippen molar-refractivity contribution < 1.29 is 17.9 Å². The minimum atomic E-state index is -3.59. The smallest absolute Gasteiger partial charge is 0.256 e. The van der Waals surface area contributed by atoms with Crippen molar-refractivity contribution in [1.29, 1.82) is 0 Å². The predicted octanol–water partition coefficient (Wildman–Crippen LogP) is 5.09. The number of rotatable bonds is 7. The van der Waals surface area contributed by atoms with Crippen molar-refractivity contribution in [3.8, 4) is 5.75 Å². The van der Waals surface area contributed by atoms with Crippen molar-refractivity contribution in [3.05, 3.63) is 82.6 Å². The minimum Gasteiger partial charge on any atom is -0.489 e. The first-order chi connectivity index (χ1) is 20.1. The highest BCUT2D eigenvalue weighted by Crippen LogP contribution is 2.34. The zero-order valence-electron chi connectivity index (χ0n) is 23.5. The number of nitrogens with one attached hydrogen (secondary N) is 1. The Labute approximate surface area is 250 Å². The summed E-state index contributed by atoms with van der Waals surface area (Å²) >= 11 is 6.23. The van der Waals surface area contributed by atoms with Crippen LogP contribution in [-0.4, -0.2) is 65.8 Å². The Morgan fingerprint density at radius 2 is 1.88 bits per heavy atom. The Morgan fingerprint density at radius 1 is 1.07 bits per heavy atom. The molecule has 0 radical (unpaired) electrons. The number of hydrogen-bond acceptors (Lipinski definition) is 7. The summed E-state index contributed by atoms with van der Waals surface area (Å²) in [5, 5.41) is 5.19. The number of aryl methyl sites for hydroxylation is 1.